The largest absolute Gasteiger partial charge is 0.481 e. The number of fused-ring (bicyclic) bond motifs is 1. The Morgan fingerprint density at radius 3 is 2.47 bits per heavy atom. The van der Waals surface area contributed by atoms with Gasteiger partial charge in [-0.1, -0.05) is 60.8 Å². The van der Waals surface area contributed by atoms with E-state index in [0.29, 0.717) is 33.2 Å². The highest BCUT2D eigenvalue weighted by Gasteiger charge is 2.21. The van der Waals surface area contributed by atoms with Crippen molar-refractivity contribution in [2.24, 2.45) is 5.10 Å². The molecular weight excluding hydrogens is 728 g/mol. The van der Waals surface area contributed by atoms with Gasteiger partial charge in [0.1, 0.15) is 12.4 Å². The smallest absolute Gasteiger partial charge is 0.312 e. The van der Waals surface area contributed by atoms with Gasteiger partial charge in [-0.3, -0.25) is 14.9 Å². The summed E-state index contributed by atoms with van der Waals surface area (Å²) in [4.78, 5) is 28.9. The highest BCUT2D eigenvalue weighted by Crippen LogP contribution is 2.37. The lowest BCUT2D eigenvalue weighted by Gasteiger charge is -2.11. The Kier molecular flexibility index (Phi) is 8.38. The number of nitro groups is 1. The number of aryl methyl sites for hydroxylation is 1. The molecule has 3 aromatic carbocycles. The Balaban J connectivity index is 1.70. The number of aromatic nitrogens is 2. The number of benzene rings is 3. The summed E-state index contributed by atoms with van der Waals surface area (Å²) in [7, 11) is 0. The Bertz CT molecular complexity index is 1590. The van der Waals surface area contributed by atoms with Crippen LogP contribution in [-0.4, -0.2) is 20.8 Å². The molecule has 12 heteroatoms. The highest BCUT2D eigenvalue weighted by molar-refractivity contribution is 9.11. The van der Waals surface area contributed by atoms with E-state index in [0.717, 1.165) is 19.0 Å². The van der Waals surface area contributed by atoms with Crippen molar-refractivity contribution in [3.8, 4) is 5.75 Å². The molecule has 0 spiro atoms. The second-order valence-corrected chi connectivity index (χ2v) is 11.1. The SMILES string of the molecule is CCc1nc2ccc(Br)cc2c(=O)n1N=Cc1cc(Br)c(OCc2ccc(Br)cc2Br)c([N+](=O)[O-])c1. The number of rotatable bonds is 7. The maximum absolute atomic E-state index is 13.1. The lowest BCUT2D eigenvalue weighted by atomic mass is 10.2. The lowest BCUT2D eigenvalue weighted by Crippen LogP contribution is -2.22. The summed E-state index contributed by atoms with van der Waals surface area (Å²) in [6.45, 7) is 1.99. The third-order valence-electron chi connectivity index (χ3n) is 5.14. The minimum absolute atomic E-state index is 0.0932. The van der Waals surface area contributed by atoms with Gasteiger partial charge < -0.3 is 4.74 Å². The first-order chi connectivity index (χ1) is 17.2. The van der Waals surface area contributed by atoms with Gasteiger partial charge in [-0.15, -0.1) is 0 Å². The highest BCUT2D eigenvalue weighted by atomic mass is 79.9. The van der Waals surface area contributed by atoms with Gasteiger partial charge >= 0.3 is 5.69 Å². The Labute approximate surface area is 239 Å². The number of ether oxygens (including phenoxy) is 1. The van der Waals surface area contributed by atoms with Gasteiger partial charge in [0.15, 0.2) is 0 Å². The predicted octanol–water partition coefficient (Wildman–Crippen LogP) is 7.38. The first kappa shape index (κ1) is 26.6. The fourth-order valence-electron chi connectivity index (χ4n) is 3.41. The summed E-state index contributed by atoms with van der Waals surface area (Å²) < 4.78 is 9.88. The fraction of sp³-hybridized carbons (Fsp3) is 0.125. The van der Waals surface area contributed by atoms with Crippen LogP contribution in [0.4, 0.5) is 5.69 Å². The van der Waals surface area contributed by atoms with E-state index in [1.54, 1.807) is 18.2 Å². The molecule has 0 aliphatic carbocycles. The van der Waals surface area contributed by atoms with Crippen LogP contribution < -0.4 is 10.3 Å². The van der Waals surface area contributed by atoms with Crippen molar-refractivity contribution in [2.45, 2.75) is 20.0 Å². The van der Waals surface area contributed by atoms with Gasteiger partial charge in [-0.05, 0) is 52.3 Å². The van der Waals surface area contributed by atoms with Crippen molar-refractivity contribution in [3.05, 3.63) is 104 Å². The van der Waals surface area contributed by atoms with Gasteiger partial charge in [0.25, 0.3) is 5.56 Å². The summed E-state index contributed by atoms with van der Waals surface area (Å²) in [5.74, 6) is 0.565. The lowest BCUT2D eigenvalue weighted by molar-refractivity contribution is -0.386. The van der Waals surface area contributed by atoms with Crippen molar-refractivity contribution in [2.75, 3.05) is 0 Å². The molecule has 8 nitrogen and oxygen atoms in total. The van der Waals surface area contributed by atoms with Gasteiger partial charge in [-0.2, -0.15) is 9.78 Å². The average Bonchev–Trinajstić information content (AvgIpc) is 2.83. The molecule has 0 N–H and O–H groups in total. The van der Waals surface area contributed by atoms with Gasteiger partial charge in [0.05, 0.1) is 26.5 Å². The molecule has 0 unspecified atom stereocenters. The van der Waals surface area contributed by atoms with E-state index in [2.05, 4.69) is 73.8 Å². The number of nitro benzene ring substituents is 1. The summed E-state index contributed by atoms with van der Waals surface area (Å²) in [6, 6.07) is 13.8. The molecule has 0 saturated carbocycles. The van der Waals surface area contributed by atoms with Crippen LogP contribution in [0.25, 0.3) is 10.9 Å². The van der Waals surface area contributed by atoms with E-state index >= 15 is 0 Å². The Hall–Kier alpha value is -2.41. The van der Waals surface area contributed by atoms with Crippen LogP contribution in [0.2, 0.25) is 0 Å². The molecule has 0 aliphatic heterocycles. The minimum atomic E-state index is -0.521. The van der Waals surface area contributed by atoms with E-state index in [9.17, 15) is 14.9 Å². The van der Waals surface area contributed by atoms with Crippen LogP contribution in [0.3, 0.4) is 0 Å². The molecule has 0 fully saturated rings. The summed E-state index contributed by atoms with van der Waals surface area (Å²) in [5.41, 5.74) is 1.25. The van der Waals surface area contributed by atoms with E-state index in [1.165, 1.54) is 17.0 Å². The van der Waals surface area contributed by atoms with Crippen LogP contribution in [-0.2, 0) is 13.0 Å². The molecule has 0 bridgehead atoms. The predicted molar refractivity (Wildman–Crippen MR) is 153 cm³/mol. The van der Waals surface area contributed by atoms with E-state index < -0.39 is 4.92 Å². The second kappa shape index (κ2) is 11.3. The monoisotopic (exact) mass is 740 g/mol. The zero-order valence-corrected chi connectivity index (χ0v) is 24.9. The standard InChI is InChI=1S/C24H16Br4N4O4/c1-2-22-30-20-6-5-15(25)9-17(20)24(33)31(22)29-11-13-7-19(28)23(21(8-13)32(34)35)36-12-14-3-4-16(26)10-18(14)27/h3-11H,2,12H2,1H3. The zero-order chi connectivity index (χ0) is 26.0. The third kappa shape index (κ3) is 5.77. The normalized spacial score (nSPS) is 11.4. The van der Waals surface area contributed by atoms with E-state index in [1.807, 2.05) is 31.2 Å². The molecule has 4 aromatic rings. The van der Waals surface area contributed by atoms with Crippen LogP contribution in [0.1, 0.15) is 23.9 Å². The first-order valence-electron chi connectivity index (χ1n) is 10.5. The molecule has 184 valence electrons. The maximum Gasteiger partial charge on any atom is 0.312 e. The average molecular weight is 744 g/mol. The van der Waals surface area contributed by atoms with Crippen molar-refractivity contribution in [1.29, 1.82) is 0 Å². The molecule has 1 aromatic heterocycles. The number of halogens is 4. The van der Waals surface area contributed by atoms with Crippen molar-refractivity contribution < 1.29 is 9.66 Å². The van der Waals surface area contributed by atoms with Gasteiger partial charge in [-0.25, -0.2) is 4.98 Å². The van der Waals surface area contributed by atoms with Gasteiger partial charge in [0, 0.05) is 37.0 Å². The van der Waals surface area contributed by atoms with Crippen molar-refractivity contribution in [3.63, 3.8) is 0 Å². The van der Waals surface area contributed by atoms with Crippen LogP contribution in [0.5, 0.6) is 5.75 Å². The van der Waals surface area contributed by atoms with Crippen molar-refractivity contribution in [1.82, 2.24) is 9.66 Å². The maximum atomic E-state index is 13.1. The molecule has 36 heavy (non-hydrogen) atoms. The molecule has 0 aliphatic rings. The molecular formula is C24H16Br4N4O4. The second-order valence-electron chi connectivity index (χ2n) is 7.54. The summed E-state index contributed by atoms with van der Waals surface area (Å²) >= 11 is 13.6. The Morgan fingerprint density at radius 1 is 1.06 bits per heavy atom. The third-order valence-corrected chi connectivity index (χ3v) is 7.46. The fourth-order valence-corrected chi connectivity index (χ4v) is 5.51. The Morgan fingerprint density at radius 2 is 1.78 bits per heavy atom. The summed E-state index contributed by atoms with van der Waals surface area (Å²) in [6.07, 6.45) is 1.86. The quantitative estimate of drug-likeness (QED) is 0.112. The molecule has 4 rings (SSSR count). The number of nitrogens with zero attached hydrogens (tertiary/aromatic N) is 4. The van der Waals surface area contributed by atoms with Gasteiger partial charge in [0.2, 0.25) is 5.75 Å². The van der Waals surface area contributed by atoms with E-state index in [-0.39, 0.29) is 23.6 Å². The van der Waals surface area contributed by atoms with Crippen LogP contribution in [0, 0.1) is 10.1 Å². The molecule has 0 atom stereocenters. The number of hydrogen-bond donors (Lipinski definition) is 0. The number of hydrogen-bond acceptors (Lipinski definition) is 6. The first-order valence-corrected chi connectivity index (χ1v) is 13.6. The topological polar surface area (TPSA) is 99.6 Å². The minimum Gasteiger partial charge on any atom is -0.481 e. The van der Waals surface area contributed by atoms with Crippen LogP contribution in [0.15, 0.2) is 76.3 Å². The zero-order valence-electron chi connectivity index (χ0n) is 18.5. The molecule has 0 radical (unpaired) electrons. The van der Waals surface area contributed by atoms with E-state index in [4.69, 9.17) is 4.74 Å². The molecule has 1 heterocycles. The van der Waals surface area contributed by atoms with Crippen molar-refractivity contribution >= 4 is 86.5 Å². The van der Waals surface area contributed by atoms with Crippen LogP contribution >= 0.6 is 63.7 Å². The molecule has 0 amide bonds. The molecule has 0 saturated heterocycles. The summed E-state index contributed by atoms with van der Waals surface area (Å²) in [5, 5.41) is 16.6.